The molecule has 0 fully saturated rings. The number of anilines is 2. The molecule has 17 heavy (non-hydrogen) atoms. The lowest BCUT2D eigenvalue weighted by Crippen LogP contribution is -2.01. The van der Waals surface area contributed by atoms with Crippen molar-refractivity contribution in [2.75, 3.05) is 11.5 Å². The lowest BCUT2D eigenvalue weighted by Gasteiger charge is -2.04. The number of hydrogen-bond acceptors (Lipinski definition) is 4. The second-order valence-corrected chi connectivity index (χ2v) is 3.29. The first kappa shape index (κ1) is 11.2. The number of nitrogens with two attached hydrogens (primary N) is 2. The van der Waals surface area contributed by atoms with E-state index in [0.717, 1.165) is 12.1 Å². The first-order valence-corrected chi connectivity index (χ1v) is 4.52. The monoisotopic (exact) mass is 240 g/mol. The molecule has 0 saturated heterocycles. The Hall–Kier alpha value is -2.31. The molecule has 1 aromatic carbocycles. The van der Waals surface area contributed by atoms with Crippen molar-refractivity contribution in [2.24, 2.45) is 0 Å². The fourth-order valence-corrected chi connectivity index (χ4v) is 1.34. The minimum absolute atomic E-state index is 0.0298. The van der Waals surface area contributed by atoms with Crippen LogP contribution in [0.15, 0.2) is 18.2 Å². The van der Waals surface area contributed by atoms with Gasteiger partial charge in [-0.2, -0.15) is 4.98 Å². The highest BCUT2D eigenvalue weighted by Gasteiger charge is 2.13. The number of hydrogen-bond donors (Lipinski definition) is 2. The highest BCUT2D eigenvalue weighted by atomic mass is 19.2. The second-order valence-electron chi connectivity index (χ2n) is 3.29. The van der Waals surface area contributed by atoms with Gasteiger partial charge in [0.15, 0.2) is 17.5 Å². The van der Waals surface area contributed by atoms with Gasteiger partial charge in [0.2, 0.25) is 5.95 Å². The Bertz CT molecular complexity index is 543. The molecule has 0 aliphatic heterocycles. The van der Waals surface area contributed by atoms with Crippen molar-refractivity contribution in [2.45, 2.75) is 0 Å². The standard InChI is InChI=1S/C10H7F3N4/c11-5-1-4(2-6(12)9(5)13)7-3-8(14)17-10(15)16-7/h1-3H,(H4,14,15,16,17). The van der Waals surface area contributed by atoms with Gasteiger partial charge in [-0.05, 0) is 12.1 Å². The van der Waals surface area contributed by atoms with Crippen LogP contribution in [0.2, 0.25) is 0 Å². The summed E-state index contributed by atoms with van der Waals surface area (Å²) in [5, 5.41) is 0. The molecule has 0 radical (unpaired) electrons. The van der Waals surface area contributed by atoms with Crippen LogP contribution in [0.3, 0.4) is 0 Å². The first-order valence-electron chi connectivity index (χ1n) is 4.52. The molecule has 2 aromatic rings. The largest absolute Gasteiger partial charge is 0.384 e. The Morgan fingerprint density at radius 3 is 2.00 bits per heavy atom. The number of nitrogens with zero attached hydrogens (tertiary/aromatic N) is 2. The third-order valence-corrected chi connectivity index (χ3v) is 2.04. The van der Waals surface area contributed by atoms with Crippen molar-refractivity contribution in [1.29, 1.82) is 0 Å². The van der Waals surface area contributed by atoms with Gasteiger partial charge in [-0.1, -0.05) is 0 Å². The van der Waals surface area contributed by atoms with Gasteiger partial charge in [-0.25, -0.2) is 18.2 Å². The first-order chi connectivity index (χ1) is 7.97. The summed E-state index contributed by atoms with van der Waals surface area (Å²) >= 11 is 0. The molecule has 0 saturated carbocycles. The van der Waals surface area contributed by atoms with E-state index in [1.54, 1.807) is 0 Å². The van der Waals surface area contributed by atoms with Crippen molar-refractivity contribution in [3.05, 3.63) is 35.7 Å². The summed E-state index contributed by atoms with van der Waals surface area (Å²) in [5.74, 6) is -4.24. The molecule has 0 unspecified atom stereocenters. The Balaban J connectivity index is 2.60. The van der Waals surface area contributed by atoms with E-state index in [9.17, 15) is 13.2 Å². The molecule has 0 aliphatic carbocycles. The highest BCUT2D eigenvalue weighted by Crippen LogP contribution is 2.23. The molecule has 7 heteroatoms. The summed E-state index contributed by atoms with van der Waals surface area (Å²) in [6.07, 6.45) is 0. The zero-order valence-corrected chi connectivity index (χ0v) is 8.42. The fourth-order valence-electron chi connectivity index (χ4n) is 1.34. The van der Waals surface area contributed by atoms with Crippen molar-refractivity contribution in [3.8, 4) is 11.3 Å². The number of rotatable bonds is 1. The molecule has 2 rings (SSSR count). The Labute approximate surface area is 94.1 Å². The summed E-state index contributed by atoms with van der Waals surface area (Å²) < 4.78 is 38.8. The van der Waals surface area contributed by atoms with E-state index in [1.165, 1.54) is 6.07 Å². The Kier molecular flexibility index (Phi) is 2.58. The van der Waals surface area contributed by atoms with Crippen molar-refractivity contribution in [3.63, 3.8) is 0 Å². The van der Waals surface area contributed by atoms with Crippen LogP contribution in [-0.4, -0.2) is 9.97 Å². The van der Waals surface area contributed by atoms with Gasteiger partial charge in [0.25, 0.3) is 0 Å². The fraction of sp³-hybridized carbons (Fsp3) is 0. The number of benzene rings is 1. The van der Waals surface area contributed by atoms with E-state index in [1.807, 2.05) is 0 Å². The molecular formula is C10H7F3N4. The second kappa shape index (κ2) is 3.93. The SMILES string of the molecule is Nc1cc(-c2cc(F)c(F)c(F)c2)nc(N)n1. The molecule has 1 heterocycles. The summed E-state index contributed by atoms with van der Waals surface area (Å²) in [4.78, 5) is 7.35. The van der Waals surface area contributed by atoms with E-state index in [-0.39, 0.29) is 23.0 Å². The van der Waals surface area contributed by atoms with Crippen molar-refractivity contribution < 1.29 is 13.2 Å². The molecule has 0 atom stereocenters. The molecular weight excluding hydrogens is 233 g/mol. The Morgan fingerprint density at radius 2 is 1.47 bits per heavy atom. The van der Waals surface area contributed by atoms with Crippen LogP contribution in [-0.2, 0) is 0 Å². The molecule has 4 nitrogen and oxygen atoms in total. The average molecular weight is 240 g/mol. The topological polar surface area (TPSA) is 77.8 Å². The highest BCUT2D eigenvalue weighted by molar-refractivity contribution is 5.63. The molecule has 0 spiro atoms. The molecule has 4 N–H and O–H groups in total. The maximum absolute atomic E-state index is 13.0. The van der Waals surface area contributed by atoms with Gasteiger partial charge < -0.3 is 11.5 Å². The van der Waals surface area contributed by atoms with E-state index >= 15 is 0 Å². The van der Waals surface area contributed by atoms with Crippen LogP contribution in [0.5, 0.6) is 0 Å². The van der Waals surface area contributed by atoms with Crippen LogP contribution in [0, 0.1) is 17.5 Å². The van der Waals surface area contributed by atoms with Gasteiger partial charge in [-0.15, -0.1) is 0 Å². The molecule has 0 amide bonds. The summed E-state index contributed by atoms with van der Waals surface area (Å²) in [6, 6.07) is 2.89. The molecule has 88 valence electrons. The normalized spacial score (nSPS) is 10.5. The van der Waals surface area contributed by atoms with Gasteiger partial charge >= 0.3 is 0 Å². The third-order valence-electron chi connectivity index (χ3n) is 2.04. The smallest absolute Gasteiger partial charge is 0.222 e. The minimum atomic E-state index is -1.54. The lowest BCUT2D eigenvalue weighted by molar-refractivity contribution is 0.447. The van der Waals surface area contributed by atoms with Crippen LogP contribution in [0.4, 0.5) is 24.9 Å². The molecule has 0 aliphatic rings. The number of aromatic nitrogens is 2. The van der Waals surface area contributed by atoms with Crippen LogP contribution >= 0.6 is 0 Å². The maximum Gasteiger partial charge on any atom is 0.222 e. The van der Waals surface area contributed by atoms with Gasteiger partial charge in [0.05, 0.1) is 5.69 Å². The predicted octanol–water partition coefficient (Wildman–Crippen LogP) is 1.73. The van der Waals surface area contributed by atoms with E-state index in [4.69, 9.17) is 11.5 Å². The summed E-state index contributed by atoms with van der Waals surface area (Å²) in [6.45, 7) is 0. The van der Waals surface area contributed by atoms with E-state index < -0.39 is 17.5 Å². The van der Waals surface area contributed by atoms with Gasteiger partial charge in [0.1, 0.15) is 5.82 Å². The van der Waals surface area contributed by atoms with E-state index in [0.29, 0.717) is 0 Å². The summed E-state index contributed by atoms with van der Waals surface area (Å²) in [5.41, 5.74) is 10.9. The zero-order chi connectivity index (χ0) is 12.6. The summed E-state index contributed by atoms with van der Waals surface area (Å²) in [7, 11) is 0. The third kappa shape index (κ3) is 2.12. The van der Waals surface area contributed by atoms with Crippen LogP contribution < -0.4 is 11.5 Å². The van der Waals surface area contributed by atoms with Gasteiger partial charge in [-0.3, -0.25) is 0 Å². The quantitative estimate of drug-likeness (QED) is 0.744. The van der Waals surface area contributed by atoms with Crippen molar-refractivity contribution in [1.82, 2.24) is 9.97 Å². The zero-order valence-electron chi connectivity index (χ0n) is 8.42. The van der Waals surface area contributed by atoms with E-state index in [2.05, 4.69) is 9.97 Å². The van der Waals surface area contributed by atoms with Gasteiger partial charge in [0, 0.05) is 11.6 Å². The minimum Gasteiger partial charge on any atom is -0.384 e. The van der Waals surface area contributed by atoms with Crippen LogP contribution in [0.25, 0.3) is 11.3 Å². The number of halogens is 3. The molecule has 1 aromatic heterocycles. The maximum atomic E-state index is 13.0. The average Bonchev–Trinajstić information content (AvgIpc) is 2.23. The van der Waals surface area contributed by atoms with Crippen LogP contribution in [0.1, 0.15) is 0 Å². The predicted molar refractivity (Wildman–Crippen MR) is 56.2 cm³/mol. The lowest BCUT2D eigenvalue weighted by atomic mass is 10.1. The van der Waals surface area contributed by atoms with Crippen molar-refractivity contribution >= 4 is 11.8 Å². The Morgan fingerprint density at radius 1 is 0.882 bits per heavy atom. The number of nitrogen functional groups attached to an aromatic ring is 2. The molecule has 0 bridgehead atoms.